The van der Waals surface area contributed by atoms with Crippen molar-refractivity contribution in [3.8, 4) is 5.75 Å². The van der Waals surface area contributed by atoms with Crippen molar-refractivity contribution >= 4 is 37.4 Å². The predicted molar refractivity (Wildman–Crippen MR) is 60.6 cm³/mol. The number of thiophene rings is 1. The van der Waals surface area contributed by atoms with E-state index in [9.17, 15) is 5.11 Å². The second-order valence-electron chi connectivity index (χ2n) is 2.87. The van der Waals surface area contributed by atoms with Crippen LogP contribution in [0.5, 0.6) is 5.75 Å². The SMILES string of the molecule is CCc1c(O)cc(Br)c2ccsc12. The molecule has 2 aromatic rings. The predicted octanol–water partition coefficient (Wildman–Crippen LogP) is 3.93. The summed E-state index contributed by atoms with van der Waals surface area (Å²) in [5.74, 6) is 0.393. The van der Waals surface area contributed by atoms with Crippen molar-refractivity contribution < 1.29 is 5.11 Å². The zero-order valence-electron chi connectivity index (χ0n) is 7.17. The molecule has 68 valence electrons. The molecule has 0 atom stereocenters. The Balaban J connectivity index is 2.88. The first-order chi connectivity index (χ1) is 6.24. The van der Waals surface area contributed by atoms with Crippen molar-refractivity contribution in [2.75, 3.05) is 0 Å². The molecule has 1 nitrogen and oxygen atoms in total. The number of hydrogen-bond acceptors (Lipinski definition) is 2. The maximum absolute atomic E-state index is 9.68. The molecule has 0 aliphatic heterocycles. The van der Waals surface area contributed by atoms with Gasteiger partial charge in [0.2, 0.25) is 0 Å². The lowest BCUT2D eigenvalue weighted by Crippen LogP contribution is -1.82. The van der Waals surface area contributed by atoms with Crippen molar-refractivity contribution in [1.29, 1.82) is 0 Å². The highest BCUT2D eigenvalue weighted by Crippen LogP contribution is 2.36. The summed E-state index contributed by atoms with van der Waals surface area (Å²) < 4.78 is 2.16. The summed E-state index contributed by atoms with van der Waals surface area (Å²) in [6.07, 6.45) is 0.871. The van der Waals surface area contributed by atoms with Crippen molar-refractivity contribution in [1.82, 2.24) is 0 Å². The summed E-state index contributed by atoms with van der Waals surface area (Å²) in [7, 11) is 0. The molecule has 1 aromatic heterocycles. The van der Waals surface area contributed by atoms with Gasteiger partial charge in [0.05, 0.1) is 0 Å². The Morgan fingerprint density at radius 2 is 2.31 bits per heavy atom. The van der Waals surface area contributed by atoms with Gasteiger partial charge in [-0.25, -0.2) is 0 Å². The number of hydrogen-bond donors (Lipinski definition) is 1. The van der Waals surface area contributed by atoms with Crippen LogP contribution in [0.1, 0.15) is 12.5 Å². The van der Waals surface area contributed by atoms with Crippen LogP contribution in [0.25, 0.3) is 10.1 Å². The Labute approximate surface area is 89.1 Å². The van der Waals surface area contributed by atoms with Gasteiger partial charge < -0.3 is 5.11 Å². The Morgan fingerprint density at radius 1 is 1.54 bits per heavy atom. The van der Waals surface area contributed by atoms with E-state index in [2.05, 4.69) is 28.9 Å². The Bertz CT molecular complexity index is 447. The van der Waals surface area contributed by atoms with E-state index in [0.29, 0.717) is 5.75 Å². The largest absolute Gasteiger partial charge is 0.508 e. The van der Waals surface area contributed by atoms with Crippen molar-refractivity contribution in [3.63, 3.8) is 0 Å². The third kappa shape index (κ3) is 1.36. The summed E-state index contributed by atoms with van der Waals surface area (Å²) in [6.45, 7) is 2.06. The van der Waals surface area contributed by atoms with Crippen LogP contribution in [-0.2, 0) is 6.42 Å². The first kappa shape index (κ1) is 9.03. The van der Waals surface area contributed by atoms with Crippen LogP contribution in [0, 0.1) is 0 Å². The summed E-state index contributed by atoms with van der Waals surface area (Å²) in [5.41, 5.74) is 1.05. The minimum absolute atomic E-state index is 0.393. The van der Waals surface area contributed by atoms with E-state index in [-0.39, 0.29) is 0 Å². The normalized spacial score (nSPS) is 10.9. The number of aromatic hydroxyl groups is 1. The molecule has 2 rings (SSSR count). The minimum atomic E-state index is 0.393. The van der Waals surface area contributed by atoms with Crippen molar-refractivity contribution in [2.24, 2.45) is 0 Å². The van der Waals surface area contributed by atoms with Crippen LogP contribution in [-0.4, -0.2) is 5.11 Å². The maximum Gasteiger partial charge on any atom is 0.121 e. The molecule has 0 aliphatic rings. The molecule has 0 saturated carbocycles. The lowest BCUT2D eigenvalue weighted by atomic mass is 10.1. The van der Waals surface area contributed by atoms with E-state index in [1.54, 1.807) is 17.4 Å². The van der Waals surface area contributed by atoms with Gasteiger partial charge in [0.1, 0.15) is 5.75 Å². The van der Waals surface area contributed by atoms with E-state index >= 15 is 0 Å². The monoisotopic (exact) mass is 256 g/mol. The van der Waals surface area contributed by atoms with Gasteiger partial charge in [0, 0.05) is 20.1 Å². The lowest BCUT2D eigenvalue weighted by Gasteiger charge is -2.04. The summed E-state index contributed by atoms with van der Waals surface area (Å²) >= 11 is 5.11. The molecular weight excluding hydrogens is 248 g/mol. The first-order valence-electron chi connectivity index (χ1n) is 4.11. The molecule has 0 unspecified atom stereocenters. The van der Waals surface area contributed by atoms with E-state index < -0.39 is 0 Å². The summed E-state index contributed by atoms with van der Waals surface area (Å²) in [5, 5.41) is 12.9. The topological polar surface area (TPSA) is 20.2 Å². The molecule has 0 saturated heterocycles. The highest BCUT2D eigenvalue weighted by atomic mass is 79.9. The summed E-state index contributed by atoms with van der Waals surface area (Å²) in [4.78, 5) is 0. The molecule has 13 heavy (non-hydrogen) atoms. The first-order valence-corrected chi connectivity index (χ1v) is 5.79. The number of benzene rings is 1. The average Bonchev–Trinajstić information content (AvgIpc) is 2.53. The van der Waals surface area contributed by atoms with Crippen LogP contribution >= 0.6 is 27.3 Å². The highest BCUT2D eigenvalue weighted by Gasteiger charge is 2.09. The summed E-state index contributed by atoms with van der Waals surface area (Å²) in [6, 6.07) is 3.84. The van der Waals surface area contributed by atoms with Crippen molar-refractivity contribution in [3.05, 3.63) is 27.5 Å². The molecule has 0 radical (unpaired) electrons. The standard InChI is InChI=1S/C10H9BrOS/c1-2-6-9(12)5-8(11)7-3-4-13-10(6)7/h3-5,12H,2H2,1H3. The fraction of sp³-hybridized carbons (Fsp3) is 0.200. The van der Waals surface area contributed by atoms with Crippen LogP contribution < -0.4 is 0 Å². The van der Waals surface area contributed by atoms with Gasteiger partial charge in [-0.05, 0) is 39.9 Å². The average molecular weight is 257 g/mol. The smallest absolute Gasteiger partial charge is 0.121 e. The molecular formula is C10H9BrOS. The maximum atomic E-state index is 9.68. The fourth-order valence-electron chi connectivity index (χ4n) is 1.47. The Kier molecular flexibility index (Phi) is 2.30. The highest BCUT2D eigenvalue weighted by molar-refractivity contribution is 9.10. The third-order valence-electron chi connectivity index (χ3n) is 2.12. The lowest BCUT2D eigenvalue weighted by molar-refractivity contribution is 0.470. The van der Waals surface area contributed by atoms with Gasteiger partial charge in [0.15, 0.2) is 0 Å². The number of fused-ring (bicyclic) bond motifs is 1. The molecule has 0 bridgehead atoms. The van der Waals surface area contributed by atoms with E-state index in [1.807, 2.05) is 5.38 Å². The number of halogens is 1. The molecule has 1 aromatic carbocycles. The van der Waals surface area contributed by atoms with Gasteiger partial charge in [-0.1, -0.05) is 6.92 Å². The molecule has 0 aliphatic carbocycles. The minimum Gasteiger partial charge on any atom is -0.508 e. The molecule has 1 heterocycles. The number of aryl methyl sites for hydroxylation is 1. The molecule has 0 fully saturated rings. The zero-order chi connectivity index (χ0) is 9.42. The van der Waals surface area contributed by atoms with Crippen LogP contribution in [0.15, 0.2) is 22.0 Å². The van der Waals surface area contributed by atoms with E-state index in [1.165, 1.54) is 10.1 Å². The molecule has 0 amide bonds. The van der Waals surface area contributed by atoms with E-state index in [4.69, 9.17) is 0 Å². The third-order valence-corrected chi connectivity index (χ3v) is 3.75. The Hall–Kier alpha value is -0.540. The second kappa shape index (κ2) is 3.31. The van der Waals surface area contributed by atoms with Gasteiger partial charge in [-0.3, -0.25) is 0 Å². The fourth-order valence-corrected chi connectivity index (χ4v) is 3.19. The van der Waals surface area contributed by atoms with E-state index in [0.717, 1.165) is 16.5 Å². The van der Waals surface area contributed by atoms with Crippen molar-refractivity contribution in [2.45, 2.75) is 13.3 Å². The number of rotatable bonds is 1. The quantitative estimate of drug-likeness (QED) is 0.820. The van der Waals surface area contributed by atoms with Gasteiger partial charge >= 0.3 is 0 Å². The second-order valence-corrected chi connectivity index (χ2v) is 4.64. The Morgan fingerprint density at radius 3 is 3.00 bits per heavy atom. The van der Waals surface area contributed by atoms with Crippen LogP contribution in [0.3, 0.4) is 0 Å². The van der Waals surface area contributed by atoms with Gasteiger partial charge in [-0.15, -0.1) is 11.3 Å². The zero-order valence-corrected chi connectivity index (χ0v) is 9.58. The van der Waals surface area contributed by atoms with Crippen LogP contribution in [0.4, 0.5) is 0 Å². The van der Waals surface area contributed by atoms with Crippen LogP contribution in [0.2, 0.25) is 0 Å². The number of phenolic OH excluding ortho intramolecular Hbond substituents is 1. The van der Waals surface area contributed by atoms with Gasteiger partial charge in [-0.2, -0.15) is 0 Å². The number of phenols is 1. The van der Waals surface area contributed by atoms with Gasteiger partial charge in [0.25, 0.3) is 0 Å². The molecule has 3 heteroatoms. The molecule has 1 N–H and O–H groups in total. The molecule has 0 spiro atoms.